The van der Waals surface area contributed by atoms with Crippen LogP contribution >= 0.6 is 0 Å². The first-order chi connectivity index (χ1) is 13.3. The summed E-state index contributed by atoms with van der Waals surface area (Å²) < 4.78 is 1.98. The average Bonchev–Trinajstić information content (AvgIpc) is 2.92. The van der Waals surface area contributed by atoms with Crippen LogP contribution in [0.5, 0.6) is 0 Å². The number of nitrogens with one attached hydrogen (secondary N) is 1. The molecule has 0 aliphatic carbocycles. The second-order valence-electron chi connectivity index (χ2n) is 7.71. The Kier molecular flexibility index (Phi) is 4.59. The van der Waals surface area contributed by atoms with Gasteiger partial charge < -0.3 is 19.7 Å². The molecule has 0 spiro atoms. The number of nitrogens with zero attached hydrogens (tertiary/aromatic N) is 3. The number of carbonyl (C=O) groups is 1. The van der Waals surface area contributed by atoms with Crippen LogP contribution in [0.4, 0.5) is 5.69 Å². The predicted octanol–water partition coefficient (Wildman–Crippen LogP) is 3.00. The topological polar surface area (TPSA) is 69.9 Å². The van der Waals surface area contributed by atoms with Crippen LogP contribution in [-0.4, -0.2) is 44.5 Å². The molecule has 3 aromatic rings. The monoisotopic (exact) mass is 378 g/mol. The predicted molar refractivity (Wildman–Crippen MR) is 110 cm³/mol. The van der Waals surface area contributed by atoms with Crippen molar-refractivity contribution < 1.29 is 9.90 Å². The molecule has 4 rings (SSSR count). The Morgan fingerprint density at radius 3 is 2.54 bits per heavy atom. The smallest absolute Gasteiger partial charge is 0.255 e. The van der Waals surface area contributed by atoms with Gasteiger partial charge in [-0.3, -0.25) is 4.79 Å². The molecular weight excluding hydrogens is 352 g/mol. The van der Waals surface area contributed by atoms with Crippen molar-refractivity contribution in [1.29, 1.82) is 0 Å². The van der Waals surface area contributed by atoms with Gasteiger partial charge in [0.1, 0.15) is 0 Å². The molecule has 3 heterocycles. The second kappa shape index (κ2) is 6.95. The molecular formula is C22H26N4O2. The van der Waals surface area contributed by atoms with Crippen LogP contribution in [0.15, 0.2) is 30.5 Å². The third-order valence-corrected chi connectivity index (χ3v) is 5.69. The van der Waals surface area contributed by atoms with Crippen LogP contribution in [0.2, 0.25) is 0 Å². The van der Waals surface area contributed by atoms with Crippen molar-refractivity contribution in [2.75, 3.05) is 18.4 Å². The number of hydrogen-bond donors (Lipinski definition) is 2. The molecule has 6 nitrogen and oxygen atoms in total. The molecule has 0 atom stereocenters. The molecule has 2 N–H and O–H groups in total. The Morgan fingerprint density at radius 2 is 1.89 bits per heavy atom. The number of aryl methyl sites for hydroxylation is 4. The lowest BCUT2D eigenvalue weighted by atomic mass is 10.0. The number of aromatic nitrogens is 2. The van der Waals surface area contributed by atoms with Gasteiger partial charge in [0.25, 0.3) is 5.91 Å². The first-order valence-electron chi connectivity index (χ1n) is 9.60. The molecule has 0 saturated carbocycles. The van der Waals surface area contributed by atoms with Crippen molar-refractivity contribution in [3.05, 3.63) is 64.1 Å². The van der Waals surface area contributed by atoms with Gasteiger partial charge in [-0.25, -0.2) is 4.98 Å². The number of benzene rings is 1. The number of anilines is 1. The Morgan fingerprint density at radius 1 is 1.21 bits per heavy atom. The van der Waals surface area contributed by atoms with E-state index in [2.05, 4.69) is 37.4 Å². The van der Waals surface area contributed by atoms with Crippen LogP contribution in [0.25, 0.3) is 5.65 Å². The van der Waals surface area contributed by atoms with E-state index >= 15 is 0 Å². The highest BCUT2D eigenvalue weighted by molar-refractivity contribution is 5.96. The molecule has 1 fully saturated rings. The summed E-state index contributed by atoms with van der Waals surface area (Å²) in [6.45, 7) is 9.65. The van der Waals surface area contributed by atoms with Gasteiger partial charge in [-0.2, -0.15) is 0 Å². The molecule has 146 valence electrons. The summed E-state index contributed by atoms with van der Waals surface area (Å²) in [5.41, 5.74) is 7.95. The lowest BCUT2D eigenvalue weighted by molar-refractivity contribution is 0.00586. The number of aliphatic hydroxyl groups excluding tert-OH is 1. The van der Waals surface area contributed by atoms with Crippen molar-refractivity contribution >= 4 is 17.2 Å². The highest BCUT2D eigenvalue weighted by atomic mass is 16.3. The van der Waals surface area contributed by atoms with E-state index < -0.39 is 6.10 Å². The van der Waals surface area contributed by atoms with E-state index in [-0.39, 0.29) is 5.91 Å². The molecule has 0 bridgehead atoms. The van der Waals surface area contributed by atoms with Crippen molar-refractivity contribution in [1.82, 2.24) is 14.3 Å². The molecule has 28 heavy (non-hydrogen) atoms. The molecule has 1 saturated heterocycles. The highest BCUT2D eigenvalue weighted by Crippen LogP contribution is 2.25. The molecule has 2 aromatic heterocycles. The van der Waals surface area contributed by atoms with Crippen LogP contribution in [-0.2, 0) is 6.54 Å². The van der Waals surface area contributed by atoms with Crippen LogP contribution < -0.4 is 5.32 Å². The number of rotatable bonds is 4. The fraction of sp³-hybridized carbons (Fsp3) is 0.364. The second-order valence-corrected chi connectivity index (χ2v) is 7.71. The zero-order chi connectivity index (χ0) is 20.0. The first-order valence-corrected chi connectivity index (χ1v) is 9.60. The third-order valence-electron chi connectivity index (χ3n) is 5.69. The van der Waals surface area contributed by atoms with E-state index in [4.69, 9.17) is 4.98 Å². The summed E-state index contributed by atoms with van der Waals surface area (Å²) in [6, 6.07) is 8.16. The van der Waals surface area contributed by atoms with Gasteiger partial charge in [-0.1, -0.05) is 18.2 Å². The summed E-state index contributed by atoms with van der Waals surface area (Å²) in [6.07, 6.45) is 1.44. The SMILES string of the molecule is Cc1cccc(C)c1CNc1cc(C(=O)N2CC(O)C2)cn2c(C)c(C)nc12. The quantitative estimate of drug-likeness (QED) is 0.732. The van der Waals surface area contributed by atoms with Crippen molar-refractivity contribution in [3.63, 3.8) is 0 Å². The summed E-state index contributed by atoms with van der Waals surface area (Å²) in [5.74, 6) is -0.0620. The van der Waals surface area contributed by atoms with Gasteiger partial charge in [0.05, 0.1) is 23.0 Å². The van der Waals surface area contributed by atoms with Crippen molar-refractivity contribution in [3.8, 4) is 0 Å². The fourth-order valence-corrected chi connectivity index (χ4v) is 3.73. The minimum atomic E-state index is -0.411. The van der Waals surface area contributed by atoms with Gasteiger partial charge in [0.15, 0.2) is 5.65 Å². The molecule has 1 aromatic carbocycles. The lowest BCUT2D eigenvalue weighted by Gasteiger charge is -2.35. The summed E-state index contributed by atoms with van der Waals surface area (Å²) in [7, 11) is 0. The number of hydrogen-bond acceptors (Lipinski definition) is 4. The normalized spacial score (nSPS) is 14.4. The molecule has 1 amide bonds. The van der Waals surface area contributed by atoms with Crippen molar-refractivity contribution in [2.24, 2.45) is 0 Å². The Bertz CT molecular complexity index is 1040. The number of pyridine rings is 1. The molecule has 6 heteroatoms. The Labute approximate surface area is 164 Å². The van der Waals surface area contributed by atoms with E-state index in [0.717, 1.165) is 22.7 Å². The number of carbonyl (C=O) groups excluding carboxylic acids is 1. The van der Waals surface area contributed by atoms with Crippen LogP contribution in [0, 0.1) is 27.7 Å². The standard InChI is InChI=1S/C22H26N4O2/c1-13-6-5-7-14(2)19(13)9-23-20-8-17(22(28)25-11-18(27)12-25)10-26-16(4)15(3)24-21(20)26/h5-8,10,18,23,27H,9,11-12H2,1-4H3. The van der Waals surface area contributed by atoms with Gasteiger partial charge >= 0.3 is 0 Å². The maximum atomic E-state index is 12.8. The lowest BCUT2D eigenvalue weighted by Crippen LogP contribution is -2.53. The summed E-state index contributed by atoms with van der Waals surface area (Å²) in [4.78, 5) is 19.2. The number of fused-ring (bicyclic) bond motifs is 1. The molecule has 0 unspecified atom stereocenters. The number of imidazole rings is 1. The van der Waals surface area contributed by atoms with Gasteiger partial charge in [0.2, 0.25) is 0 Å². The van der Waals surface area contributed by atoms with E-state index in [1.807, 2.05) is 30.5 Å². The number of β-amino-alcohol motifs (C(OH)–C–C–N with tert-alkyl or cyclic N) is 1. The highest BCUT2D eigenvalue weighted by Gasteiger charge is 2.30. The Hall–Kier alpha value is -2.86. The average molecular weight is 378 g/mol. The zero-order valence-electron chi connectivity index (χ0n) is 16.8. The van der Waals surface area contributed by atoms with E-state index in [9.17, 15) is 9.90 Å². The van der Waals surface area contributed by atoms with Gasteiger partial charge in [-0.15, -0.1) is 0 Å². The number of aliphatic hydroxyl groups is 1. The fourth-order valence-electron chi connectivity index (χ4n) is 3.73. The minimum Gasteiger partial charge on any atom is -0.389 e. The summed E-state index contributed by atoms with van der Waals surface area (Å²) >= 11 is 0. The molecule has 1 aliphatic rings. The van der Waals surface area contributed by atoms with E-state index in [0.29, 0.717) is 25.2 Å². The van der Waals surface area contributed by atoms with E-state index in [1.54, 1.807) is 4.90 Å². The molecule has 0 radical (unpaired) electrons. The maximum Gasteiger partial charge on any atom is 0.255 e. The summed E-state index contributed by atoms with van der Waals surface area (Å²) in [5, 5.41) is 13.0. The minimum absolute atomic E-state index is 0.0620. The number of amides is 1. The Balaban J connectivity index is 1.71. The number of likely N-dealkylation sites (tertiary alicyclic amines) is 1. The van der Waals surface area contributed by atoms with Crippen molar-refractivity contribution in [2.45, 2.75) is 40.3 Å². The van der Waals surface area contributed by atoms with E-state index in [1.165, 1.54) is 16.7 Å². The van der Waals surface area contributed by atoms with Crippen LogP contribution in [0.1, 0.15) is 38.4 Å². The zero-order valence-corrected chi connectivity index (χ0v) is 16.8. The van der Waals surface area contributed by atoms with Gasteiger partial charge in [0, 0.05) is 31.5 Å². The molecule has 1 aliphatic heterocycles. The third kappa shape index (κ3) is 3.14. The largest absolute Gasteiger partial charge is 0.389 e. The van der Waals surface area contributed by atoms with Crippen LogP contribution in [0.3, 0.4) is 0 Å². The maximum absolute atomic E-state index is 12.8. The first kappa shape index (κ1) is 18.5. The van der Waals surface area contributed by atoms with Gasteiger partial charge in [-0.05, 0) is 50.5 Å².